The van der Waals surface area contributed by atoms with Crippen molar-refractivity contribution in [2.45, 2.75) is 19.4 Å². The van der Waals surface area contributed by atoms with E-state index in [1.807, 2.05) is 35.2 Å². The van der Waals surface area contributed by atoms with Crippen LogP contribution in [-0.2, 0) is 11.3 Å². The highest BCUT2D eigenvalue weighted by Gasteiger charge is 2.27. The molecule has 1 aromatic heterocycles. The van der Waals surface area contributed by atoms with Gasteiger partial charge in [-0.3, -0.25) is 24.0 Å². The second kappa shape index (κ2) is 10.0. The van der Waals surface area contributed by atoms with Crippen molar-refractivity contribution in [2.75, 3.05) is 45.8 Å². The maximum Gasteiger partial charge on any atom is 0.338 e. The number of rotatable bonds is 6. The van der Waals surface area contributed by atoms with Crippen molar-refractivity contribution in [3.05, 3.63) is 76.2 Å². The molecule has 8 heteroatoms. The Morgan fingerprint density at radius 1 is 0.771 bits per heavy atom. The molecule has 1 amide bonds. The molecule has 3 aromatic rings. The summed E-state index contributed by atoms with van der Waals surface area (Å²) >= 11 is 0. The highest BCUT2D eigenvalue weighted by Crippen LogP contribution is 2.24. The summed E-state index contributed by atoms with van der Waals surface area (Å²) in [6.45, 7) is 5.33. The van der Waals surface area contributed by atoms with Gasteiger partial charge in [0.05, 0.1) is 17.8 Å². The number of aromatic carboxylic acids is 1. The zero-order valence-electron chi connectivity index (χ0n) is 19.7. The normalized spacial score (nSPS) is 17.2. The van der Waals surface area contributed by atoms with Crippen LogP contribution >= 0.6 is 0 Å². The van der Waals surface area contributed by atoms with Gasteiger partial charge in [0.1, 0.15) is 0 Å². The van der Waals surface area contributed by atoms with Crippen molar-refractivity contribution in [1.82, 2.24) is 19.3 Å². The van der Waals surface area contributed by atoms with Crippen molar-refractivity contribution >= 4 is 22.6 Å². The molecule has 8 nitrogen and oxygen atoms in total. The predicted octanol–water partition coefficient (Wildman–Crippen LogP) is 2.43. The molecule has 0 radical (unpaired) electrons. The Kier molecular flexibility index (Phi) is 6.66. The van der Waals surface area contributed by atoms with Gasteiger partial charge < -0.3 is 10.0 Å². The van der Waals surface area contributed by atoms with E-state index in [1.165, 1.54) is 0 Å². The third kappa shape index (κ3) is 4.72. The van der Waals surface area contributed by atoms with Crippen LogP contribution in [0.15, 0.2) is 59.4 Å². The van der Waals surface area contributed by atoms with Gasteiger partial charge in [-0.25, -0.2) is 4.79 Å². The Morgan fingerprint density at radius 3 is 2.03 bits per heavy atom. The van der Waals surface area contributed by atoms with E-state index in [2.05, 4.69) is 9.80 Å². The first-order valence-electron chi connectivity index (χ1n) is 12.2. The lowest BCUT2D eigenvalue weighted by atomic mass is 10.0. The number of hydrogen-bond donors (Lipinski definition) is 1. The number of carbonyl (C=O) groups excluding carboxylic acids is 1. The lowest BCUT2D eigenvalue weighted by Gasteiger charge is -2.35. The third-order valence-corrected chi connectivity index (χ3v) is 7.07. The quantitative estimate of drug-likeness (QED) is 0.591. The Balaban J connectivity index is 1.44. The van der Waals surface area contributed by atoms with Gasteiger partial charge in [0, 0.05) is 62.3 Å². The van der Waals surface area contributed by atoms with Crippen LogP contribution in [0.5, 0.6) is 0 Å². The Hall–Kier alpha value is -3.49. The molecule has 2 saturated heterocycles. The molecular weight excluding hydrogens is 444 g/mol. The van der Waals surface area contributed by atoms with Crippen LogP contribution in [-0.4, -0.2) is 82.1 Å². The summed E-state index contributed by atoms with van der Waals surface area (Å²) in [5.41, 5.74) is 1.07. The molecule has 3 heterocycles. The number of benzene rings is 2. The fourth-order valence-corrected chi connectivity index (χ4v) is 5.21. The van der Waals surface area contributed by atoms with Crippen LogP contribution in [0.25, 0.3) is 16.5 Å². The standard InChI is InChI=1S/C27H30N4O4/c32-24(30-12-6-7-13-30)19-29-16-14-28(15-17-29)18-23-25(27(34)35)21-10-4-5-11-22(21)26(33)31(23)20-8-2-1-3-9-20/h1-5,8-11H,6-7,12-19H2,(H,34,35). The molecule has 1 N–H and O–H groups in total. The van der Waals surface area contributed by atoms with Gasteiger partial charge in [-0.2, -0.15) is 0 Å². The van der Waals surface area contributed by atoms with Gasteiger partial charge in [0.25, 0.3) is 5.56 Å². The van der Waals surface area contributed by atoms with Crippen molar-refractivity contribution in [3.63, 3.8) is 0 Å². The monoisotopic (exact) mass is 474 g/mol. The van der Waals surface area contributed by atoms with E-state index in [9.17, 15) is 19.5 Å². The molecule has 2 aromatic carbocycles. The van der Waals surface area contributed by atoms with Crippen molar-refractivity contribution in [2.24, 2.45) is 0 Å². The fraction of sp³-hybridized carbons (Fsp3) is 0.370. The van der Waals surface area contributed by atoms with Gasteiger partial charge in [-0.1, -0.05) is 36.4 Å². The average Bonchev–Trinajstić information content (AvgIpc) is 3.41. The Labute approximate surface area is 204 Å². The topological polar surface area (TPSA) is 86.1 Å². The minimum Gasteiger partial charge on any atom is -0.478 e. The number of hydrogen-bond acceptors (Lipinski definition) is 5. The second-order valence-corrected chi connectivity index (χ2v) is 9.29. The number of aromatic nitrogens is 1. The number of carbonyl (C=O) groups is 2. The van der Waals surface area contributed by atoms with Gasteiger partial charge in [-0.15, -0.1) is 0 Å². The second-order valence-electron chi connectivity index (χ2n) is 9.29. The molecule has 0 unspecified atom stereocenters. The zero-order valence-corrected chi connectivity index (χ0v) is 19.7. The van der Waals surface area contributed by atoms with Gasteiger partial charge in [-0.05, 0) is 31.0 Å². The van der Waals surface area contributed by atoms with E-state index in [0.29, 0.717) is 48.3 Å². The number of piperazine rings is 1. The van der Waals surface area contributed by atoms with Crippen molar-refractivity contribution in [1.29, 1.82) is 0 Å². The number of pyridine rings is 1. The summed E-state index contributed by atoms with van der Waals surface area (Å²) in [5.74, 6) is -0.854. The molecule has 2 fully saturated rings. The molecule has 0 bridgehead atoms. The number of nitrogens with zero attached hydrogens (tertiary/aromatic N) is 4. The third-order valence-electron chi connectivity index (χ3n) is 7.07. The number of fused-ring (bicyclic) bond motifs is 1. The summed E-state index contributed by atoms with van der Waals surface area (Å²) in [6.07, 6.45) is 2.17. The molecule has 182 valence electrons. The maximum atomic E-state index is 13.6. The van der Waals surface area contributed by atoms with E-state index in [4.69, 9.17) is 0 Å². The first-order chi connectivity index (χ1) is 17.0. The fourth-order valence-electron chi connectivity index (χ4n) is 5.21. The first-order valence-corrected chi connectivity index (χ1v) is 12.2. The molecule has 0 aliphatic carbocycles. The summed E-state index contributed by atoms with van der Waals surface area (Å²) in [6, 6.07) is 16.1. The lowest BCUT2D eigenvalue weighted by Crippen LogP contribution is -2.49. The zero-order chi connectivity index (χ0) is 24.4. The Bertz CT molecular complexity index is 1290. The van der Waals surface area contributed by atoms with Crippen molar-refractivity contribution < 1.29 is 14.7 Å². The SMILES string of the molecule is O=C(O)c1c(CN2CCN(CC(=O)N3CCCC3)CC2)n(-c2ccccc2)c(=O)c2ccccc12. The van der Waals surface area contributed by atoms with Crippen molar-refractivity contribution in [3.8, 4) is 5.69 Å². The minimum atomic E-state index is -1.05. The van der Waals surface area contributed by atoms with Crippen LogP contribution < -0.4 is 5.56 Å². The van der Waals surface area contributed by atoms with Crippen LogP contribution in [0.4, 0.5) is 0 Å². The first kappa shape index (κ1) is 23.3. The van der Waals surface area contributed by atoms with E-state index < -0.39 is 5.97 Å². The maximum absolute atomic E-state index is 13.6. The highest BCUT2D eigenvalue weighted by atomic mass is 16.4. The average molecular weight is 475 g/mol. The van der Waals surface area contributed by atoms with E-state index in [0.717, 1.165) is 39.0 Å². The largest absolute Gasteiger partial charge is 0.478 e. The molecule has 0 atom stereocenters. The lowest BCUT2D eigenvalue weighted by molar-refractivity contribution is -0.131. The molecule has 5 rings (SSSR count). The summed E-state index contributed by atoms with van der Waals surface area (Å²) < 4.78 is 1.55. The van der Waals surface area contributed by atoms with Crippen LogP contribution in [0.2, 0.25) is 0 Å². The summed E-state index contributed by atoms with van der Waals surface area (Å²) in [4.78, 5) is 44.9. The number of carboxylic acids is 1. The van der Waals surface area contributed by atoms with Gasteiger partial charge in [0.2, 0.25) is 5.91 Å². The molecule has 2 aliphatic heterocycles. The van der Waals surface area contributed by atoms with Crippen LogP contribution in [0.1, 0.15) is 28.9 Å². The van der Waals surface area contributed by atoms with E-state index in [-0.39, 0.29) is 17.0 Å². The number of para-hydroxylation sites is 1. The van der Waals surface area contributed by atoms with Crippen LogP contribution in [0.3, 0.4) is 0 Å². The molecule has 0 saturated carbocycles. The van der Waals surface area contributed by atoms with Crippen LogP contribution in [0, 0.1) is 0 Å². The number of amides is 1. The molecule has 2 aliphatic rings. The molecule has 0 spiro atoms. The summed E-state index contributed by atoms with van der Waals surface area (Å²) in [5, 5.41) is 11.1. The Morgan fingerprint density at radius 2 is 1.37 bits per heavy atom. The number of carboxylic acid groups (broad SMARTS) is 1. The smallest absolute Gasteiger partial charge is 0.338 e. The predicted molar refractivity (Wildman–Crippen MR) is 134 cm³/mol. The minimum absolute atomic E-state index is 0.163. The van der Waals surface area contributed by atoms with E-state index in [1.54, 1.807) is 28.8 Å². The van der Waals surface area contributed by atoms with Gasteiger partial charge in [0.15, 0.2) is 0 Å². The van der Waals surface area contributed by atoms with Gasteiger partial charge >= 0.3 is 5.97 Å². The molecular formula is C27H30N4O4. The summed E-state index contributed by atoms with van der Waals surface area (Å²) in [7, 11) is 0. The highest BCUT2D eigenvalue weighted by molar-refractivity contribution is 6.04. The number of likely N-dealkylation sites (tertiary alicyclic amines) is 1. The van der Waals surface area contributed by atoms with E-state index >= 15 is 0 Å². The molecule has 35 heavy (non-hydrogen) atoms.